The monoisotopic (exact) mass is 401 g/mol. The number of rotatable bonds is 6. The molecule has 7 nitrogen and oxygen atoms in total. The summed E-state index contributed by atoms with van der Waals surface area (Å²) in [6, 6.07) is 5.27. The Bertz CT molecular complexity index is 905. The van der Waals surface area contributed by atoms with E-state index < -0.39 is 11.5 Å². The number of hydrogen-bond donors (Lipinski definition) is 3. The normalized spacial score (nSPS) is 13.8. The maximum Gasteiger partial charge on any atom is 0.339 e. The van der Waals surface area contributed by atoms with E-state index in [2.05, 4.69) is 10.3 Å². The van der Waals surface area contributed by atoms with Crippen LogP contribution in [0.1, 0.15) is 63.0 Å². The number of pyridine rings is 1. The van der Waals surface area contributed by atoms with Gasteiger partial charge in [0.2, 0.25) is 5.91 Å². The number of hydrogen-bond acceptors (Lipinski definition) is 5. The lowest BCUT2D eigenvalue weighted by atomic mass is 9.84. The van der Waals surface area contributed by atoms with E-state index in [1.807, 2.05) is 27.7 Å². The van der Waals surface area contributed by atoms with Gasteiger partial charge in [-0.25, -0.2) is 4.79 Å². The molecule has 1 aromatic heterocycles. The van der Waals surface area contributed by atoms with Crippen molar-refractivity contribution in [3.63, 3.8) is 0 Å². The number of amides is 1. The second-order valence-corrected chi connectivity index (χ2v) is 7.73. The van der Waals surface area contributed by atoms with Crippen LogP contribution in [0.25, 0.3) is 10.9 Å². The Balaban J connectivity index is 0.00000145. The van der Waals surface area contributed by atoms with Crippen molar-refractivity contribution in [2.24, 2.45) is 5.92 Å². The number of aromatic nitrogens is 1. The third-order valence-corrected chi connectivity index (χ3v) is 4.93. The molecule has 29 heavy (non-hydrogen) atoms. The van der Waals surface area contributed by atoms with Crippen LogP contribution in [0, 0.1) is 12.8 Å². The number of nitrogens with two attached hydrogens (primary N) is 1. The van der Waals surface area contributed by atoms with Crippen LogP contribution in [0.2, 0.25) is 0 Å². The van der Waals surface area contributed by atoms with Gasteiger partial charge in [-0.3, -0.25) is 9.78 Å². The third-order valence-electron chi connectivity index (χ3n) is 4.93. The Morgan fingerprint density at radius 3 is 2.52 bits per heavy atom. The van der Waals surface area contributed by atoms with Crippen molar-refractivity contribution in [1.82, 2.24) is 10.3 Å². The summed E-state index contributed by atoms with van der Waals surface area (Å²) in [6.07, 6.45) is 2.97. The van der Waals surface area contributed by atoms with E-state index in [1.165, 1.54) is 0 Å². The van der Waals surface area contributed by atoms with Crippen molar-refractivity contribution in [2.45, 2.75) is 59.4 Å². The summed E-state index contributed by atoms with van der Waals surface area (Å²) in [4.78, 5) is 28.1. The van der Waals surface area contributed by atoms with Crippen LogP contribution < -0.4 is 15.8 Å². The minimum Gasteiger partial charge on any atom is -0.490 e. The van der Waals surface area contributed by atoms with E-state index in [-0.39, 0.29) is 29.7 Å². The molecular formula is C22H31N3O4. The number of aryl methyl sites for hydroxylation is 1. The summed E-state index contributed by atoms with van der Waals surface area (Å²) in [5.41, 5.74) is 6.61. The van der Waals surface area contributed by atoms with Gasteiger partial charge in [0, 0.05) is 5.92 Å². The number of nitrogens with zero attached hydrogens (tertiary/aromatic N) is 1. The molecule has 0 saturated heterocycles. The van der Waals surface area contributed by atoms with E-state index >= 15 is 0 Å². The largest absolute Gasteiger partial charge is 0.490 e. The number of ether oxygens (including phenoxy) is 1. The maximum absolute atomic E-state index is 12.2. The summed E-state index contributed by atoms with van der Waals surface area (Å²) >= 11 is 0. The van der Waals surface area contributed by atoms with E-state index in [9.17, 15) is 14.7 Å². The molecule has 0 radical (unpaired) electrons. The summed E-state index contributed by atoms with van der Waals surface area (Å²) in [6.45, 7) is 9.62. The average Bonchev–Trinajstić information content (AvgIpc) is 2.59. The predicted molar refractivity (Wildman–Crippen MR) is 114 cm³/mol. The molecule has 4 N–H and O–H groups in total. The number of benzene rings is 1. The predicted octanol–water partition coefficient (Wildman–Crippen LogP) is 3.92. The summed E-state index contributed by atoms with van der Waals surface area (Å²) in [5.74, 6) is -0.520. The minimum absolute atomic E-state index is 0.0175. The number of nitrogen functional groups attached to an aromatic ring is 1. The van der Waals surface area contributed by atoms with E-state index in [4.69, 9.17) is 10.5 Å². The van der Waals surface area contributed by atoms with Gasteiger partial charge < -0.3 is 20.9 Å². The second kappa shape index (κ2) is 9.11. The summed E-state index contributed by atoms with van der Waals surface area (Å²) < 4.78 is 5.94. The number of carboxylic acids is 1. The van der Waals surface area contributed by atoms with Crippen molar-refractivity contribution >= 4 is 28.5 Å². The fourth-order valence-corrected chi connectivity index (χ4v) is 3.23. The molecule has 3 rings (SSSR count). The van der Waals surface area contributed by atoms with Crippen molar-refractivity contribution in [3.8, 4) is 5.75 Å². The molecule has 1 heterocycles. The Hall–Kier alpha value is -2.83. The lowest BCUT2D eigenvalue weighted by Gasteiger charge is -2.31. The number of carbonyl (C=O) groups is 2. The lowest BCUT2D eigenvalue weighted by molar-refractivity contribution is -0.129. The van der Waals surface area contributed by atoms with Crippen molar-refractivity contribution in [2.75, 3.05) is 12.3 Å². The molecule has 7 heteroatoms. The lowest BCUT2D eigenvalue weighted by Crippen LogP contribution is -2.50. The van der Waals surface area contributed by atoms with Gasteiger partial charge in [0.15, 0.2) is 0 Å². The minimum atomic E-state index is -1.12. The molecule has 158 valence electrons. The zero-order valence-corrected chi connectivity index (χ0v) is 17.8. The molecule has 0 bridgehead atoms. The summed E-state index contributed by atoms with van der Waals surface area (Å²) in [5, 5.41) is 12.9. The molecule has 0 aliphatic heterocycles. The first kappa shape index (κ1) is 22.5. The van der Waals surface area contributed by atoms with E-state index in [0.29, 0.717) is 22.3 Å². The maximum atomic E-state index is 12.2. The molecule has 1 aliphatic carbocycles. The fourth-order valence-electron chi connectivity index (χ4n) is 3.23. The van der Waals surface area contributed by atoms with Crippen LogP contribution in [0.5, 0.6) is 5.75 Å². The van der Waals surface area contributed by atoms with Crippen LogP contribution in [0.4, 0.5) is 5.69 Å². The average molecular weight is 402 g/mol. The van der Waals surface area contributed by atoms with Crippen molar-refractivity contribution < 1.29 is 19.4 Å². The molecule has 1 aliphatic rings. The van der Waals surface area contributed by atoms with Crippen LogP contribution >= 0.6 is 0 Å². The van der Waals surface area contributed by atoms with Crippen molar-refractivity contribution in [1.29, 1.82) is 0 Å². The molecule has 1 amide bonds. The van der Waals surface area contributed by atoms with Crippen LogP contribution in [0.3, 0.4) is 0 Å². The summed E-state index contributed by atoms with van der Waals surface area (Å²) in [7, 11) is 0. The zero-order valence-electron chi connectivity index (χ0n) is 17.8. The second-order valence-electron chi connectivity index (χ2n) is 7.73. The molecule has 1 aromatic carbocycles. The Kier molecular flexibility index (Phi) is 7.06. The van der Waals surface area contributed by atoms with Gasteiger partial charge in [-0.2, -0.15) is 0 Å². The van der Waals surface area contributed by atoms with Gasteiger partial charge in [-0.1, -0.05) is 26.3 Å². The van der Waals surface area contributed by atoms with Crippen molar-refractivity contribution in [3.05, 3.63) is 29.5 Å². The highest BCUT2D eigenvalue weighted by Crippen LogP contribution is 2.34. The topological polar surface area (TPSA) is 115 Å². The van der Waals surface area contributed by atoms with Crippen LogP contribution in [-0.4, -0.2) is 34.1 Å². The molecule has 0 spiro atoms. The van der Waals surface area contributed by atoms with E-state index in [0.717, 1.165) is 19.3 Å². The quantitative estimate of drug-likeness (QED) is 0.676. The highest BCUT2D eigenvalue weighted by atomic mass is 16.5. The van der Waals surface area contributed by atoms with Gasteiger partial charge in [0.25, 0.3) is 0 Å². The number of anilines is 1. The zero-order chi connectivity index (χ0) is 21.8. The molecule has 2 aromatic rings. The Morgan fingerprint density at radius 1 is 1.31 bits per heavy atom. The van der Waals surface area contributed by atoms with Gasteiger partial charge in [0.1, 0.15) is 17.9 Å². The van der Waals surface area contributed by atoms with Gasteiger partial charge in [-0.05, 0) is 45.7 Å². The third kappa shape index (κ3) is 4.96. The molecule has 0 atom stereocenters. The number of aromatic carboxylic acids is 1. The number of fused-ring (bicyclic) bond motifs is 1. The number of nitrogens with one attached hydrogen (secondary N) is 1. The molecule has 1 saturated carbocycles. The van der Waals surface area contributed by atoms with Crippen LogP contribution in [0.15, 0.2) is 18.2 Å². The highest BCUT2D eigenvalue weighted by Gasteiger charge is 2.30. The Labute approximate surface area is 171 Å². The van der Waals surface area contributed by atoms with Gasteiger partial charge in [-0.15, -0.1) is 0 Å². The Morgan fingerprint density at radius 2 is 1.97 bits per heavy atom. The smallest absolute Gasteiger partial charge is 0.339 e. The first-order valence-electron chi connectivity index (χ1n) is 10.1. The molecule has 0 unspecified atom stereocenters. The standard InChI is InChI=1S/C20H25N3O4.C2H6/c1-11-15(19(25)26)17(21)16-13(22-11)8-5-9-14(16)27-10-20(2,3)23-18(24)12-6-4-7-12;1-2/h5,8-9,12H,4,6-7,10H2,1-3H3,(H2,21,22)(H,23,24)(H,25,26);1-2H3. The fraction of sp³-hybridized carbons (Fsp3) is 0.500. The first-order chi connectivity index (χ1) is 13.7. The first-order valence-corrected chi connectivity index (χ1v) is 10.1. The SMILES string of the molecule is CC.Cc1nc2cccc(OCC(C)(C)NC(=O)C3CCC3)c2c(N)c1C(=O)O. The highest BCUT2D eigenvalue weighted by molar-refractivity contribution is 6.06. The van der Waals surface area contributed by atoms with Gasteiger partial charge in [0.05, 0.1) is 27.8 Å². The molecule has 1 fully saturated rings. The number of carbonyl (C=O) groups excluding carboxylic acids is 1. The molecular weight excluding hydrogens is 370 g/mol. The van der Waals surface area contributed by atoms with E-state index in [1.54, 1.807) is 25.1 Å². The van der Waals surface area contributed by atoms with Gasteiger partial charge >= 0.3 is 5.97 Å². The number of carboxylic acid groups (broad SMARTS) is 1. The van der Waals surface area contributed by atoms with Crippen LogP contribution in [-0.2, 0) is 4.79 Å².